The second-order valence-electron chi connectivity index (χ2n) is 4.59. The molecule has 2 aromatic rings. The lowest BCUT2D eigenvalue weighted by molar-refractivity contribution is 0.576. The van der Waals surface area contributed by atoms with Gasteiger partial charge in [-0.2, -0.15) is 0 Å². The van der Waals surface area contributed by atoms with Crippen LogP contribution in [0.15, 0.2) is 34.5 Å². The normalized spacial score (nSPS) is 13.3. The minimum absolute atomic E-state index is 0.0940. The van der Waals surface area contributed by atoms with Gasteiger partial charge in [0.25, 0.3) is 10.0 Å². The number of nitrogens with zero attached hydrogens (tertiary/aromatic N) is 1. The van der Waals surface area contributed by atoms with Crippen molar-refractivity contribution in [3.63, 3.8) is 0 Å². The monoisotopic (exact) mass is 311 g/mol. The first kappa shape index (κ1) is 15.0. The Morgan fingerprint density at radius 1 is 1.35 bits per heavy atom. The lowest BCUT2D eigenvalue weighted by Crippen LogP contribution is -2.27. The molecule has 1 aromatic carbocycles. The van der Waals surface area contributed by atoms with Crippen LogP contribution in [0, 0.1) is 6.92 Å². The first-order valence-corrected chi connectivity index (χ1v) is 8.47. The maximum Gasteiger partial charge on any atom is 0.252 e. The van der Waals surface area contributed by atoms with Crippen molar-refractivity contribution in [3.8, 4) is 0 Å². The van der Waals surface area contributed by atoms with Crippen molar-refractivity contribution in [1.82, 2.24) is 9.71 Å². The highest BCUT2D eigenvalue weighted by Gasteiger charge is 2.21. The Hall–Kier alpha value is -1.44. The number of aromatic nitrogens is 1. The van der Waals surface area contributed by atoms with Crippen LogP contribution >= 0.6 is 11.3 Å². The molecule has 108 valence electrons. The van der Waals surface area contributed by atoms with Gasteiger partial charge in [-0.05, 0) is 18.4 Å². The number of sulfonamides is 1. The molecule has 20 heavy (non-hydrogen) atoms. The molecule has 0 saturated heterocycles. The third kappa shape index (κ3) is 3.36. The molecule has 7 heteroatoms. The van der Waals surface area contributed by atoms with Crippen LogP contribution in [0.2, 0.25) is 0 Å². The number of thiazole rings is 1. The van der Waals surface area contributed by atoms with Crippen molar-refractivity contribution >= 4 is 26.5 Å². The topological polar surface area (TPSA) is 85.1 Å². The summed E-state index contributed by atoms with van der Waals surface area (Å²) in [5.74, 6) is 0.0940. The van der Waals surface area contributed by atoms with Crippen LogP contribution in [0.3, 0.4) is 0 Å². The van der Waals surface area contributed by atoms with Gasteiger partial charge in [0, 0.05) is 6.54 Å². The summed E-state index contributed by atoms with van der Waals surface area (Å²) in [5, 5.41) is 0.263. The fraction of sp³-hybridized carbons (Fsp3) is 0.308. The second-order valence-corrected chi connectivity index (χ2v) is 7.58. The van der Waals surface area contributed by atoms with Gasteiger partial charge in [-0.25, -0.2) is 18.1 Å². The molecule has 0 amide bonds. The number of nitrogens with one attached hydrogen (secondary N) is 1. The zero-order valence-electron chi connectivity index (χ0n) is 11.3. The average molecular weight is 311 g/mol. The number of hydrogen-bond donors (Lipinski definition) is 2. The molecule has 1 unspecified atom stereocenters. The van der Waals surface area contributed by atoms with Gasteiger partial charge in [-0.1, -0.05) is 48.6 Å². The van der Waals surface area contributed by atoms with Gasteiger partial charge in [0.05, 0.1) is 5.69 Å². The fourth-order valence-corrected chi connectivity index (χ4v) is 4.32. The summed E-state index contributed by atoms with van der Waals surface area (Å²) in [7, 11) is -3.55. The number of nitrogens with two attached hydrogens (primary N) is 1. The summed E-state index contributed by atoms with van der Waals surface area (Å²) in [4.78, 5) is 3.94. The van der Waals surface area contributed by atoms with E-state index >= 15 is 0 Å². The maximum atomic E-state index is 12.2. The fourth-order valence-electron chi connectivity index (χ4n) is 1.85. The Labute approximate surface area is 122 Å². The molecule has 0 aliphatic carbocycles. The SMILES string of the molecule is Cc1nc(N)sc1S(=O)(=O)NCC(C)c1ccccc1. The highest BCUT2D eigenvalue weighted by molar-refractivity contribution is 7.91. The summed E-state index contributed by atoms with van der Waals surface area (Å²) in [6.45, 7) is 3.96. The molecule has 1 heterocycles. The van der Waals surface area contributed by atoms with E-state index in [0.29, 0.717) is 12.2 Å². The molecule has 0 spiro atoms. The molecule has 0 radical (unpaired) electrons. The molecule has 1 aromatic heterocycles. The van der Waals surface area contributed by atoms with E-state index in [0.717, 1.165) is 16.9 Å². The molecule has 1 atom stereocenters. The maximum absolute atomic E-state index is 12.2. The predicted octanol–water partition coefficient (Wildman–Crippen LogP) is 2.12. The van der Waals surface area contributed by atoms with Gasteiger partial charge in [-0.15, -0.1) is 0 Å². The first-order chi connectivity index (χ1) is 9.40. The molecule has 0 aliphatic heterocycles. The Morgan fingerprint density at radius 2 is 2.00 bits per heavy atom. The molecule has 3 N–H and O–H groups in total. The number of rotatable bonds is 5. The van der Waals surface area contributed by atoms with E-state index in [1.165, 1.54) is 0 Å². The van der Waals surface area contributed by atoms with E-state index < -0.39 is 10.0 Å². The van der Waals surface area contributed by atoms with Crippen LogP contribution in [0.4, 0.5) is 5.13 Å². The highest BCUT2D eigenvalue weighted by atomic mass is 32.2. The van der Waals surface area contributed by atoms with Crippen molar-refractivity contribution in [1.29, 1.82) is 0 Å². The zero-order chi connectivity index (χ0) is 14.8. The van der Waals surface area contributed by atoms with Gasteiger partial charge >= 0.3 is 0 Å². The van der Waals surface area contributed by atoms with Crippen molar-refractivity contribution in [3.05, 3.63) is 41.6 Å². The quantitative estimate of drug-likeness (QED) is 0.885. The molecule has 0 saturated carbocycles. The summed E-state index contributed by atoms with van der Waals surface area (Å²) in [6, 6.07) is 9.77. The first-order valence-electron chi connectivity index (χ1n) is 6.17. The third-order valence-electron chi connectivity index (χ3n) is 2.96. The van der Waals surface area contributed by atoms with E-state index in [1.807, 2.05) is 37.3 Å². The number of benzene rings is 1. The third-order valence-corrected chi connectivity index (χ3v) is 5.98. The summed E-state index contributed by atoms with van der Waals surface area (Å²) in [6.07, 6.45) is 0. The number of aryl methyl sites for hydroxylation is 1. The number of nitrogen functional groups attached to an aromatic ring is 1. The van der Waals surface area contributed by atoms with Crippen LogP contribution in [0.1, 0.15) is 24.1 Å². The summed E-state index contributed by atoms with van der Waals surface area (Å²) < 4.78 is 27.2. The zero-order valence-corrected chi connectivity index (χ0v) is 13.0. The average Bonchev–Trinajstić information content (AvgIpc) is 2.77. The van der Waals surface area contributed by atoms with Crippen LogP contribution in [-0.2, 0) is 10.0 Å². The molecular formula is C13H17N3O2S2. The Morgan fingerprint density at radius 3 is 2.55 bits per heavy atom. The largest absolute Gasteiger partial charge is 0.375 e. The second kappa shape index (κ2) is 5.90. The van der Waals surface area contributed by atoms with E-state index in [9.17, 15) is 8.42 Å². The lowest BCUT2D eigenvalue weighted by atomic mass is 10.0. The Kier molecular flexibility index (Phi) is 4.42. The van der Waals surface area contributed by atoms with Crippen LogP contribution in [-0.4, -0.2) is 19.9 Å². The number of anilines is 1. The minimum atomic E-state index is -3.55. The van der Waals surface area contributed by atoms with E-state index in [1.54, 1.807) is 6.92 Å². The molecule has 0 bridgehead atoms. The summed E-state index contributed by atoms with van der Waals surface area (Å²) >= 11 is 0.985. The van der Waals surface area contributed by atoms with Crippen LogP contribution in [0.5, 0.6) is 0 Å². The van der Waals surface area contributed by atoms with Gasteiger partial charge in [0.1, 0.15) is 0 Å². The summed E-state index contributed by atoms with van der Waals surface area (Å²) in [5.41, 5.74) is 7.07. The Bertz CT molecular complexity index is 681. The van der Waals surface area contributed by atoms with E-state index in [2.05, 4.69) is 9.71 Å². The van der Waals surface area contributed by atoms with Crippen LogP contribution in [0.25, 0.3) is 0 Å². The predicted molar refractivity (Wildman–Crippen MR) is 81.3 cm³/mol. The van der Waals surface area contributed by atoms with E-state index in [4.69, 9.17) is 5.73 Å². The number of hydrogen-bond acceptors (Lipinski definition) is 5. The highest BCUT2D eigenvalue weighted by Crippen LogP contribution is 2.25. The van der Waals surface area contributed by atoms with Gasteiger partial charge in [0.15, 0.2) is 9.34 Å². The molecule has 2 rings (SSSR count). The van der Waals surface area contributed by atoms with Gasteiger partial charge in [0.2, 0.25) is 0 Å². The van der Waals surface area contributed by atoms with Crippen molar-refractivity contribution in [2.45, 2.75) is 24.0 Å². The van der Waals surface area contributed by atoms with Gasteiger partial charge < -0.3 is 5.73 Å². The smallest absolute Gasteiger partial charge is 0.252 e. The standard InChI is InChI=1S/C13H17N3O2S2/c1-9(11-6-4-3-5-7-11)8-15-20(17,18)12-10(2)16-13(14)19-12/h3-7,9,15H,8H2,1-2H3,(H2,14,16). The Balaban J connectivity index is 2.08. The lowest BCUT2D eigenvalue weighted by Gasteiger charge is -2.12. The molecule has 5 nitrogen and oxygen atoms in total. The molecule has 0 aliphatic rings. The molecule has 0 fully saturated rings. The van der Waals surface area contributed by atoms with E-state index in [-0.39, 0.29) is 15.3 Å². The van der Waals surface area contributed by atoms with Gasteiger partial charge in [-0.3, -0.25) is 0 Å². The van der Waals surface area contributed by atoms with Crippen molar-refractivity contribution in [2.75, 3.05) is 12.3 Å². The van der Waals surface area contributed by atoms with Crippen molar-refractivity contribution < 1.29 is 8.42 Å². The minimum Gasteiger partial charge on any atom is -0.375 e. The van der Waals surface area contributed by atoms with Crippen LogP contribution < -0.4 is 10.5 Å². The van der Waals surface area contributed by atoms with Crippen molar-refractivity contribution in [2.24, 2.45) is 0 Å². The molecular weight excluding hydrogens is 294 g/mol.